The molecule has 1 heterocycles. The summed E-state index contributed by atoms with van der Waals surface area (Å²) in [6.07, 6.45) is 5.14. The molecular weight excluding hydrogens is 294 g/mol. The summed E-state index contributed by atoms with van der Waals surface area (Å²) in [4.78, 5) is 14.2. The van der Waals surface area contributed by atoms with Crippen molar-refractivity contribution in [1.82, 2.24) is 15.5 Å². The Bertz CT molecular complexity index is 507. The first kappa shape index (κ1) is 17.8. The molecule has 1 unspecified atom stereocenters. The van der Waals surface area contributed by atoms with E-state index in [0.29, 0.717) is 18.3 Å². The summed E-state index contributed by atoms with van der Waals surface area (Å²) in [5.41, 5.74) is -1.22. The van der Waals surface area contributed by atoms with E-state index < -0.39 is 5.60 Å². The van der Waals surface area contributed by atoms with E-state index in [2.05, 4.69) is 22.6 Å². The monoisotopic (exact) mass is 323 g/mol. The zero-order chi connectivity index (χ0) is 16.9. The maximum Gasteiger partial charge on any atom is 0.314 e. The second kappa shape index (κ2) is 7.84. The van der Waals surface area contributed by atoms with Gasteiger partial charge in [-0.3, -0.25) is 0 Å². The molecule has 0 aromatic carbocycles. The summed E-state index contributed by atoms with van der Waals surface area (Å²) in [5.74, 6) is 1.19. The second-order valence-electron chi connectivity index (χ2n) is 6.71. The zero-order valence-electron chi connectivity index (χ0n) is 14.4. The van der Waals surface area contributed by atoms with Gasteiger partial charge in [0.15, 0.2) is 0 Å². The molecule has 1 saturated carbocycles. The highest BCUT2D eigenvalue weighted by atomic mass is 16.4. The highest BCUT2D eigenvalue weighted by Gasteiger charge is 2.27. The molecule has 0 spiro atoms. The third-order valence-corrected chi connectivity index (χ3v) is 4.56. The van der Waals surface area contributed by atoms with E-state index in [1.807, 2.05) is 6.92 Å². The van der Waals surface area contributed by atoms with Crippen molar-refractivity contribution < 1.29 is 14.3 Å². The first-order chi connectivity index (χ1) is 10.9. The highest BCUT2D eigenvalue weighted by molar-refractivity contribution is 5.73. The molecule has 1 aromatic rings. The van der Waals surface area contributed by atoms with Crippen LogP contribution < -0.4 is 10.6 Å². The molecule has 0 saturated heterocycles. The Labute approximate surface area is 138 Å². The number of amides is 2. The van der Waals surface area contributed by atoms with Crippen molar-refractivity contribution >= 4 is 6.03 Å². The molecule has 3 N–H and O–H groups in total. The quantitative estimate of drug-likeness (QED) is 0.717. The van der Waals surface area contributed by atoms with Gasteiger partial charge < -0.3 is 25.1 Å². The Kier molecular flexibility index (Phi) is 6.07. The Balaban J connectivity index is 1.66. The molecule has 23 heavy (non-hydrogen) atoms. The van der Waals surface area contributed by atoms with Crippen LogP contribution >= 0.6 is 0 Å². The number of likely N-dealkylation sites (N-methyl/N-ethyl adjacent to an activating group) is 1. The van der Waals surface area contributed by atoms with Crippen LogP contribution in [0.2, 0.25) is 0 Å². The molecule has 0 aliphatic heterocycles. The predicted molar refractivity (Wildman–Crippen MR) is 89.3 cm³/mol. The average Bonchev–Trinajstić information content (AvgIpc) is 3.16. The molecule has 1 aliphatic carbocycles. The molecule has 130 valence electrons. The van der Waals surface area contributed by atoms with E-state index in [0.717, 1.165) is 12.3 Å². The van der Waals surface area contributed by atoms with E-state index in [-0.39, 0.29) is 12.6 Å². The summed E-state index contributed by atoms with van der Waals surface area (Å²) in [7, 11) is 2.11. The van der Waals surface area contributed by atoms with E-state index >= 15 is 0 Å². The molecule has 1 fully saturated rings. The Morgan fingerprint density at radius 2 is 2.09 bits per heavy atom. The molecule has 6 heteroatoms. The number of rotatable bonds is 7. The zero-order valence-corrected chi connectivity index (χ0v) is 14.4. The molecule has 2 rings (SSSR count). The summed E-state index contributed by atoms with van der Waals surface area (Å²) >= 11 is 0. The molecule has 1 aliphatic rings. The van der Waals surface area contributed by atoms with Crippen LogP contribution in [0, 0.1) is 6.92 Å². The maximum atomic E-state index is 11.8. The van der Waals surface area contributed by atoms with Gasteiger partial charge in [-0.1, -0.05) is 12.8 Å². The third kappa shape index (κ3) is 5.25. The smallest absolute Gasteiger partial charge is 0.314 e. The van der Waals surface area contributed by atoms with Crippen LogP contribution in [-0.2, 0) is 5.60 Å². The van der Waals surface area contributed by atoms with Crippen molar-refractivity contribution in [3.8, 4) is 0 Å². The van der Waals surface area contributed by atoms with E-state index in [9.17, 15) is 9.90 Å². The van der Waals surface area contributed by atoms with Gasteiger partial charge in [0, 0.05) is 19.1 Å². The summed E-state index contributed by atoms with van der Waals surface area (Å²) in [6, 6.07) is 3.91. The van der Waals surface area contributed by atoms with Crippen LogP contribution in [0.5, 0.6) is 0 Å². The summed E-state index contributed by atoms with van der Waals surface area (Å²) < 4.78 is 5.42. The van der Waals surface area contributed by atoms with Crippen molar-refractivity contribution in [2.24, 2.45) is 0 Å². The number of hydrogen-bond donors (Lipinski definition) is 3. The van der Waals surface area contributed by atoms with Crippen molar-refractivity contribution in [1.29, 1.82) is 0 Å². The Morgan fingerprint density at radius 1 is 1.39 bits per heavy atom. The van der Waals surface area contributed by atoms with E-state index in [1.54, 1.807) is 19.1 Å². The first-order valence-corrected chi connectivity index (χ1v) is 8.40. The van der Waals surface area contributed by atoms with Crippen molar-refractivity contribution in [3.05, 3.63) is 23.7 Å². The third-order valence-electron chi connectivity index (χ3n) is 4.56. The SMILES string of the molecule is Cc1ccc(C(C)(O)CNC(=O)NCCN(C)C2CCCC2)o1. The van der Waals surface area contributed by atoms with Gasteiger partial charge in [-0.2, -0.15) is 0 Å². The minimum atomic E-state index is -1.22. The van der Waals surface area contributed by atoms with Crippen molar-refractivity contribution in [3.63, 3.8) is 0 Å². The number of hydrogen-bond acceptors (Lipinski definition) is 4. The summed E-state index contributed by atoms with van der Waals surface area (Å²) in [5, 5.41) is 15.9. The van der Waals surface area contributed by atoms with Gasteiger partial charge in [0.1, 0.15) is 17.1 Å². The molecule has 2 amide bonds. The van der Waals surface area contributed by atoms with Gasteiger partial charge in [-0.15, -0.1) is 0 Å². The predicted octanol–water partition coefficient (Wildman–Crippen LogP) is 1.97. The van der Waals surface area contributed by atoms with Crippen LogP contribution in [0.25, 0.3) is 0 Å². The number of carbonyl (C=O) groups excluding carboxylic acids is 1. The van der Waals surface area contributed by atoms with Crippen LogP contribution in [0.15, 0.2) is 16.5 Å². The van der Waals surface area contributed by atoms with E-state index in [1.165, 1.54) is 25.7 Å². The number of furan rings is 1. The second-order valence-corrected chi connectivity index (χ2v) is 6.71. The lowest BCUT2D eigenvalue weighted by Crippen LogP contribution is -2.45. The number of nitrogens with one attached hydrogen (secondary N) is 2. The van der Waals surface area contributed by atoms with Crippen LogP contribution in [0.3, 0.4) is 0 Å². The lowest BCUT2D eigenvalue weighted by atomic mass is 10.0. The number of carbonyl (C=O) groups is 1. The molecule has 1 aromatic heterocycles. The first-order valence-electron chi connectivity index (χ1n) is 8.40. The standard InChI is InChI=1S/C17H29N3O3/c1-13-8-9-15(23-13)17(2,22)12-19-16(21)18-10-11-20(3)14-6-4-5-7-14/h8-9,14,22H,4-7,10-12H2,1-3H3,(H2,18,19,21). The molecule has 6 nitrogen and oxygen atoms in total. The van der Waals surface area contributed by atoms with Gasteiger partial charge >= 0.3 is 6.03 Å². The fraction of sp³-hybridized carbons (Fsp3) is 0.706. The Hall–Kier alpha value is -1.53. The lowest BCUT2D eigenvalue weighted by Gasteiger charge is -2.24. The number of aliphatic hydroxyl groups is 1. The number of nitrogens with zero attached hydrogens (tertiary/aromatic N) is 1. The molecular formula is C17H29N3O3. The van der Waals surface area contributed by atoms with Crippen molar-refractivity contribution in [2.45, 2.75) is 51.2 Å². The van der Waals surface area contributed by atoms with E-state index in [4.69, 9.17) is 4.42 Å². The molecule has 1 atom stereocenters. The van der Waals surface area contributed by atoms with Gasteiger partial charge in [-0.25, -0.2) is 4.79 Å². The minimum Gasteiger partial charge on any atom is -0.463 e. The Morgan fingerprint density at radius 3 is 2.70 bits per heavy atom. The summed E-state index contributed by atoms with van der Waals surface area (Å²) in [6.45, 7) is 4.98. The van der Waals surface area contributed by atoms with Crippen LogP contribution in [0.4, 0.5) is 4.79 Å². The maximum absolute atomic E-state index is 11.8. The fourth-order valence-electron chi connectivity index (χ4n) is 3.00. The van der Waals surface area contributed by atoms with Crippen LogP contribution in [-0.4, -0.2) is 48.8 Å². The minimum absolute atomic E-state index is 0.101. The van der Waals surface area contributed by atoms with Gasteiger partial charge in [0.05, 0.1) is 6.54 Å². The fourth-order valence-corrected chi connectivity index (χ4v) is 3.00. The van der Waals surface area contributed by atoms with Crippen molar-refractivity contribution in [2.75, 3.05) is 26.7 Å². The molecule has 0 bridgehead atoms. The normalized spacial score (nSPS) is 18.1. The average molecular weight is 323 g/mol. The topological polar surface area (TPSA) is 77.7 Å². The number of aryl methyl sites for hydroxylation is 1. The number of urea groups is 1. The van der Waals surface area contributed by atoms with Gasteiger partial charge in [-0.05, 0) is 45.9 Å². The largest absolute Gasteiger partial charge is 0.463 e. The van der Waals surface area contributed by atoms with Gasteiger partial charge in [0.25, 0.3) is 0 Å². The highest BCUT2D eigenvalue weighted by Crippen LogP contribution is 2.22. The lowest BCUT2D eigenvalue weighted by molar-refractivity contribution is 0.0359. The van der Waals surface area contributed by atoms with Crippen LogP contribution in [0.1, 0.15) is 44.1 Å². The molecule has 0 radical (unpaired) electrons. The van der Waals surface area contributed by atoms with Gasteiger partial charge in [0.2, 0.25) is 0 Å².